The molecule has 122 valence electrons. The zero-order valence-corrected chi connectivity index (χ0v) is 13.7. The minimum Gasteiger partial charge on any atom is -0.381 e. The van der Waals surface area contributed by atoms with E-state index in [2.05, 4.69) is 15.6 Å². The lowest BCUT2D eigenvalue weighted by atomic mass is 10.1. The molecule has 0 bridgehead atoms. The number of aromatic nitrogens is 1. The number of hydrogen-bond acceptors (Lipinski definition) is 3. The third-order valence-corrected chi connectivity index (χ3v) is 3.84. The minimum absolute atomic E-state index is 0.134. The summed E-state index contributed by atoms with van der Waals surface area (Å²) in [7, 11) is 0. The second-order valence-corrected chi connectivity index (χ2v) is 5.72. The van der Waals surface area contributed by atoms with Crippen molar-refractivity contribution in [2.75, 3.05) is 10.6 Å². The topological polar surface area (TPSA) is 54.0 Å². The van der Waals surface area contributed by atoms with Gasteiger partial charge in [0, 0.05) is 30.1 Å². The first-order valence-corrected chi connectivity index (χ1v) is 7.76. The highest BCUT2D eigenvalue weighted by molar-refractivity contribution is 6.30. The predicted octanol–water partition coefficient (Wildman–Crippen LogP) is 4.60. The molecular weight excluding hydrogens is 329 g/mol. The van der Waals surface area contributed by atoms with Crippen LogP contribution in [0, 0.1) is 5.82 Å². The van der Waals surface area contributed by atoms with Gasteiger partial charge in [-0.3, -0.25) is 4.79 Å². The van der Waals surface area contributed by atoms with Crippen molar-refractivity contribution in [2.24, 2.45) is 0 Å². The van der Waals surface area contributed by atoms with Gasteiger partial charge in [-0.25, -0.2) is 9.37 Å². The van der Waals surface area contributed by atoms with Crippen LogP contribution in [0.15, 0.2) is 48.5 Å². The van der Waals surface area contributed by atoms with E-state index in [4.69, 9.17) is 11.6 Å². The first kappa shape index (κ1) is 16.2. The number of benzene rings is 2. The molecule has 3 aromatic rings. The fraction of sp³-hybridized carbons (Fsp3) is 0.111. The van der Waals surface area contributed by atoms with Crippen molar-refractivity contribution in [3.63, 3.8) is 0 Å². The van der Waals surface area contributed by atoms with Crippen LogP contribution in [-0.4, -0.2) is 10.9 Å². The summed E-state index contributed by atoms with van der Waals surface area (Å²) < 4.78 is 13.7. The molecule has 0 saturated carbocycles. The lowest BCUT2D eigenvalue weighted by Gasteiger charge is -2.11. The van der Waals surface area contributed by atoms with Crippen LogP contribution in [0.3, 0.4) is 0 Å². The van der Waals surface area contributed by atoms with Crippen molar-refractivity contribution in [1.82, 2.24) is 4.98 Å². The fourth-order valence-electron chi connectivity index (χ4n) is 2.38. The average Bonchev–Trinajstić information content (AvgIpc) is 2.55. The molecule has 6 heteroatoms. The number of carbonyl (C=O) groups excluding carboxylic acids is 1. The second kappa shape index (κ2) is 6.84. The van der Waals surface area contributed by atoms with Gasteiger partial charge in [0.2, 0.25) is 5.91 Å². The number of hydrogen-bond donors (Lipinski definition) is 2. The SMILES string of the molecule is CC(=O)Nc1cc(NCc2cc3ccccc3nc2Cl)ccc1F. The summed E-state index contributed by atoms with van der Waals surface area (Å²) >= 11 is 6.23. The molecule has 4 nitrogen and oxygen atoms in total. The van der Waals surface area contributed by atoms with E-state index in [0.29, 0.717) is 17.4 Å². The Morgan fingerprint density at radius 2 is 2.00 bits per heavy atom. The number of pyridine rings is 1. The summed E-state index contributed by atoms with van der Waals surface area (Å²) in [6.07, 6.45) is 0. The maximum Gasteiger partial charge on any atom is 0.221 e. The van der Waals surface area contributed by atoms with Crippen LogP contribution < -0.4 is 10.6 Å². The Hall–Kier alpha value is -2.66. The average molecular weight is 344 g/mol. The molecule has 0 spiro atoms. The lowest BCUT2D eigenvalue weighted by Crippen LogP contribution is -2.08. The van der Waals surface area contributed by atoms with Crippen molar-refractivity contribution in [3.8, 4) is 0 Å². The Kier molecular flexibility index (Phi) is 4.62. The van der Waals surface area contributed by atoms with Gasteiger partial charge in [-0.1, -0.05) is 29.8 Å². The molecule has 0 saturated heterocycles. The smallest absolute Gasteiger partial charge is 0.221 e. The quantitative estimate of drug-likeness (QED) is 0.681. The summed E-state index contributed by atoms with van der Waals surface area (Å²) in [5.74, 6) is -0.811. The Balaban J connectivity index is 1.80. The number of halogens is 2. The number of fused-ring (bicyclic) bond motifs is 1. The lowest BCUT2D eigenvalue weighted by molar-refractivity contribution is -0.114. The number of nitrogens with zero attached hydrogens (tertiary/aromatic N) is 1. The number of rotatable bonds is 4. The minimum atomic E-state index is -0.485. The van der Waals surface area contributed by atoms with Gasteiger partial charge in [0.1, 0.15) is 11.0 Å². The van der Waals surface area contributed by atoms with Crippen LogP contribution in [0.25, 0.3) is 10.9 Å². The van der Waals surface area contributed by atoms with Crippen molar-refractivity contribution in [3.05, 3.63) is 65.1 Å². The highest BCUT2D eigenvalue weighted by atomic mass is 35.5. The van der Waals surface area contributed by atoms with E-state index < -0.39 is 5.82 Å². The number of nitrogens with one attached hydrogen (secondary N) is 2. The van der Waals surface area contributed by atoms with Crippen LogP contribution >= 0.6 is 11.6 Å². The van der Waals surface area contributed by atoms with E-state index in [-0.39, 0.29) is 11.6 Å². The Morgan fingerprint density at radius 3 is 2.79 bits per heavy atom. The highest BCUT2D eigenvalue weighted by Crippen LogP contribution is 2.23. The molecule has 0 aliphatic rings. The standard InChI is InChI=1S/C18H15ClFN3O/c1-11(24)22-17-9-14(6-7-15(17)20)21-10-13-8-12-4-2-3-5-16(12)23-18(13)19/h2-9,21H,10H2,1H3,(H,22,24). The van der Waals surface area contributed by atoms with Gasteiger partial charge in [0.15, 0.2) is 0 Å². The predicted molar refractivity (Wildman–Crippen MR) is 94.8 cm³/mol. The summed E-state index contributed by atoms with van der Waals surface area (Å²) in [6, 6.07) is 14.1. The molecule has 1 aromatic heterocycles. The first-order chi connectivity index (χ1) is 11.5. The van der Waals surface area contributed by atoms with E-state index >= 15 is 0 Å². The van der Waals surface area contributed by atoms with Crippen molar-refractivity contribution in [2.45, 2.75) is 13.5 Å². The molecule has 0 atom stereocenters. The van der Waals surface area contributed by atoms with Crippen molar-refractivity contribution in [1.29, 1.82) is 0 Å². The van der Waals surface area contributed by atoms with Gasteiger partial charge in [0.25, 0.3) is 0 Å². The van der Waals surface area contributed by atoms with E-state index in [9.17, 15) is 9.18 Å². The van der Waals surface area contributed by atoms with Gasteiger partial charge in [-0.15, -0.1) is 0 Å². The van der Waals surface area contributed by atoms with Gasteiger partial charge in [-0.05, 0) is 30.3 Å². The van der Waals surface area contributed by atoms with Crippen LogP contribution in [0.2, 0.25) is 5.15 Å². The van der Waals surface area contributed by atoms with Gasteiger partial charge >= 0.3 is 0 Å². The van der Waals surface area contributed by atoms with Crippen LogP contribution in [0.5, 0.6) is 0 Å². The number of para-hydroxylation sites is 1. The maximum absolute atomic E-state index is 13.7. The Labute approximate surface area is 143 Å². The molecule has 2 N–H and O–H groups in total. The first-order valence-electron chi connectivity index (χ1n) is 7.38. The molecule has 1 heterocycles. The molecule has 3 rings (SSSR count). The zero-order valence-electron chi connectivity index (χ0n) is 12.9. The molecule has 0 radical (unpaired) electrons. The number of anilines is 2. The number of carbonyl (C=O) groups is 1. The Bertz CT molecular complexity index is 914. The summed E-state index contributed by atoms with van der Waals surface area (Å²) in [6.45, 7) is 1.77. The normalized spacial score (nSPS) is 10.6. The van der Waals surface area contributed by atoms with Crippen LogP contribution in [0.1, 0.15) is 12.5 Å². The molecule has 1 amide bonds. The maximum atomic E-state index is 13.7. The van der Waals surface area contributed by atoms with E-state index in [1.54, 1.807) is 12.1 Å². The van der Waals surface area contributed by atoms with Gasteiger partial charge in [-0.2, -0.15) is 0 Å². The van der Waals surface area contributed by atoms with Crippen LogP contribution in [-0.2, 0) is 11.3 Å². The molecule has 0 aliphatic carbocycles. The van der Waals surface area contributed by atoms with Crippen molar-refractivity contribution < 1.29 is 9.18 Å². The van der Waals surface area contributed by atoms with Gasteiger partial charge < -0.3 is 10.6 Å². The molecule has 2 aromatic carbocycles. The van der Waals surface area contributed by atoms with Crippen molar-refractivity contribution >= 4 is 39.8 Å². The van der Waals surface area contributed by atoms with E-state index in [1.165, 1.54) is 13.0 Å². The third-order valence-electron chi connectivity index (χ3n) is 3.51. The molecule has 0 aliphatic heterocycles. The van der Waals surface area contributed by atoms with Gasteiger partial charge in [0.05, 0.1) is 11.2 Å². The van der Waals surface area contributed by atoms with E-state index in [1.807, 2.05) is 30.3 Å². The molecule has 0 unspecified atom stereocenters. The molecule has 0 fully saturated rings. The largest absolute Gasteiger partial charge is 0.381 e. The third kappa shape index (κ3) is 3.63. The zero-order chi connectivity index (χ0) is 17.1. The molecule has 24 heavy (non-hydrogen) atoms. The van der Waals surface area contributed by atoms with E-state index in [0.717, 1.165) is 16.5 Å². The Morgan fingerprint density at radius 1 is 1.21 bits per heavy atom. The molecular formula is C18H15ClFN3O. The fourth-order valence-corrected chi connectivity index (χ4v) is 2.59. The summed E-state index contributed by atoms with van der Waals surface area (Å²) in [4.78, 5) is 15.5. The van der Waals surface area contributed by atoms with Crippen LogP contribution in [0.4, 0.5) is 15.8 Å². The summed E-state index contributed by atoms with van der Waals surface area (Å²) in [5.41, 5.74) is 2.47. The number of amides is 1. The monoisotopic (exact) mass is 343 g/mol. The second-order valence-electron chi connectivity index (χ2n) is 5.36. The summed E-state index contributed by atoms with van der Waals surface area (Å²) in [5, 5.41) is 7.04. The highest BCUT2D eigenvalue weighted by Gasteiger charge is 2.07.